The summed E-state index contributed by atoms with van der Waals surface area (Å²) in [6.07, 6.45) is 1.45. The molecule has 0 aliphatic heterocycles. The van der Waals surface area contributed by atoms with E-state index in [1.807, 2.05) is 30.3 Å². The monoisotopic (exact) mass is 220 g/mol. The van der Waals surface area contributed by atoms with Crippen LogP contribution in [-0.2, 0) is 11.2 Å². The molecule has 2 N–H and O–H groups in total. The van der Waals surface area contributed by atoms with Gasteiger partial charge in [0.1, 0.15) is 0 Å². The van der Waals surface area contributed by atoms with E-state index in [1.165, 1.54) is 0 Å². The van der Waals surface area contributed by atoms with Crippen molar-refractivity contribution < 1.29 is 4.79 Å². The van der Waals surface area contributed by atoms with Crippen molar-refractivity contribution >= 4 is 5.91 Å². The van der Waals surface area contributed by atoms with Crippen molar-refractivity contribution in [2.45, 2.75) is 19.8 Å². The Hall–Kier alpha value is -1.35. The summed E-state index contributed by atoms with van der Waals surface area (Å²) in [6, 6.07) is 9.80. The van der Waals surface area contributed by atoms with Gasteiger partial charge in [-0.2, -0.15) is 0 Å². The molecule has 0 spiro atoms. The molecule has 0 atom stereocenters. The first-order valence-electron chi connectivity index (χ1n) is 5.84. The van der Waals surface area contributed by atoms with Crippen molar-refractivity contribution in [2.75, 3.05) is 19.6 Å². The summed E-state index contributed by atoms with van der Waals surface area (Å²) < 4.78 is 0. The predicted octanol–water partition coefficient (Wildman–Crippen LogP) is 1.34. The smallest absolute Gasteiger partial charge is 0.224 e. The van der Waals surface area contributed by atoms with Crippen LogP contribution in [0, 0.1) is 0 Å². The zero-order valence-corrected chi connectivity index (χ0v) is 9.83. The molecule has 0 heterocycles. The van der Waals surface area contributed by atoms with Gasteiger partial charge in [-0.3, -0.25) is 4.79 Å². The Balaban J connectivity index is 2.12. The Morgan fingerprint density at radius 3 is 2.62 bits per heavy atom. The lowest BCUT2D eigenvalue weighted by atomic mass is 10.1. The van der Waals surface area contributed by atoms with Crippen LogP contribution in [0.2, 0.25) is 0 Å². The van der Waals surface area contributed by atoms with Gasteiger partial charge in [0, 0.05) is 6.54 Å². The van der Waals surface area contributed by atoms with E-state index in [-0.39, 0.29) is 5.91 Å². The molecular weight excluding hydrogens is 200 g/mol. The highest BCUT2D eigenvalue weighted by Gasteiger charge is 2.01. The Morgan fingerprint density at radius 1 is 1.19 bits per heavy atom. The third-order valence-electron chi connectivity index (χ3n) is 2.31. The fourth-order valence-corrected chi connectivity index (χ4v) is 1.46. The van der Waals surface area contributed by atoms with E-state index in [0.29, 0.717) is 6.42 Å². The van der Waals surface area contributed by atoms with Crippen LogP contribution in [0.25, 0.3) is 0 Å². The van der Waals surface area contributed by atoms with E-state index in [4.69, 9.17) is 0 Å². The maximum Gasteiger partial charge on any atom is 0.224 e. The van der Waals surface area contributed by atoms with Crippen LogP contribution in [0.3, 0.4) is 0 Å². The first kappa shape index (κ1) is 12.7. The highest BCUT2D eigenvalue weighted by molar-refractivity contribution is 5.78. The molecule has 0 radical (unpaired) electrons. The van der Waals surface area contributed by atoms with Crippen LogP contribution in [0.1, 0.15) is 18.9 Å². The van der Waals surface area contributed by atoms with Gasteiger partial charge in [-0.1, -0.05) is 37.3 Å². The Labute approximate surface area is 97.2 Å². The molecule has 0 bridgehead atoms. The third-order valence-corrected chi connectivity index (χ3v) is 2.31. The van der Waals surface area contributed by atoms with Gasteiger partial charge < -0.3 is 10.6 Å². The van der Waals surface area contributed by atoms with Crippen LogP contribution < -0.4 is 10.6 Å². The molecule has 88 valence electrons. The van der Waals surface area contributed by atoms with Gasteiger partial charge in [0.15, 0.2) is 0 Å². The molecule has 1 aromatic carbocycles. The van der Waals surface area contributed by atoms with Crippen LogP contribution in [0.5, 0.6) is 0 Å². The summed E-state index contributed by atoms with van der Waals surface area (Å²) in [5.74, 6) is 0.0997. The highest BCUT2D eigenvalue weighted by atomic mass is 16.1. The Bertz CT molecular complexity index is 298. The number of amides is 1. The topological polar surface area (TPSA) is 41.1 Å². The maximum atomic E-state index is 11.5. The fourth-order valence-electron chi connectivity index (χ4n) is 1.46. The first-order chi connectivity index (χ1) is 7.83. The van der Waals surface area contributed by atoms with Gasteiger partial charge in [0.25, 0.3) is 0 Å². The van der Waals surface area contributed by atoms with Gasteiger partial charge in [-0.15, -0.1) is 0 Å². The van der Waals surface area contributed by atoms with E-state index >= 15 is 0 Å². The number of carbonyl (C=O) groups excluding carboxylic acids is 1. The average molecular weight is 220 g/mol. The normalized spacial score (nSPS) is 10.1. The molecule has 1 amide bonds. The predicted molar refractivity (Wildman–Crippen MR) is 66.3 cm³/mol. The molecule has 0 fully saturated rings. The second kappa shape index (κ2) is 7.88. The SMILES string of the molecule is CCNCCCNC(=O)Cc1ccccc1. The van der Waals surface area contributed by atoms with Crippen LogP contribution in [-0.4, -0.2) is 25.5 Å². The lowest BCUT2D eigenvalue weighted by Gasteiger charge is -2.05. The molecule has 1 aromatic rings. The standard InChI is InChI=1S/C13H20N2O/c1-2-14-9-6-10-15-13(16)11-12-7-4-3-5-8-12/h3-5,7-8,14H,2,6,9-11H2,1H3,(H,15,16). The van der Waals surface area contributed by atoms with Crippen molar-refractivity contribution in [2.24, 2.45) is 0 Å². The van der Waals surface area contributed by atoms with Crippen molar-refractivity contribution in [1.82, 2.24) is 10.6 Å². The number of carbonyl (C=O) groups is 1. The molecular formula is C13H20N2O. The number of hydrogen-bond acceptors (Lipinski definition) is 2. The lowest BCUT2D eigenvalue weighted by Crippen LogP contribution is -2.28. The fraction of sp³-hybridized carbons (Fsp3) is 0.462. The Morgan fingerprint density at radius 2 is 1.94 bits per heavy atom. The van der Waals surface area contributed by atoms with Crippen molar-refractivity contribution in [3.8, 4) is 0 Å². The molecule has 0 saturated carbocycles. The summed E-state index contributed by atoms with van der Waals surface area (Å²) >= 11 is 0. The van der Waals surface area contributed by atoms with Crippen molar-refractivity contribution in [1.29, 1.82) is 0 Å². The summed E-state index contributed by atoms with van der Waals surface area (Å²) in [7, 11) is 0. The summed E-state index contributed by atoms with van der Waals surface area (Å²) in [6.45, 7) is 4.77. The van der Waals surface area contributed by atoms with Crippen LogP contribution in [0.4, 0.5) is 0 Å². The minimum atomic E-state index is 0.0997. The van der Waals surface area contributed by atoms with Gasteiger partial charge in [-0.25, -0.2) is 0 Å². The third kappa shape index (κ3) is 5.51. The number of benzene rings is 1. The zero-order valence-electron chi connectivity index (χ0n) is 9.83. The van der Waals surface area contributed by atoms with E-state index in [2.05, 4.69) is 17.6 Å². The quantitative estimate of drug-likeness (QED) is 0.681. The Kier molecular flexibility index (Phi) is 6.26. The van der Waals surface area contributed by atoms with Gasteiger partial charge in [0.2, 0.25) is 5.91 Å². The molecule has 3 heteroatoms. The summed E-state index contributed by atoms with van der Waals surface area (Å²) in [5, 5.41) is 6.13. The summed E-state index contributed by atoms with van der Waals surface area (Å²) in [4.78, 5) is 11.5. The lowest BCUT2D eigenvalue weighted by molar-refractivity contribution is -0.120. The minimum Gasteiger partial charge on any atom is -0.356 e. The molecule has 0 aliphatic carbocycles. The molecule has 0 aromatic heterocycles. The van der Waals surface area contributed by atoms with E-state index < -0.39 is 0 Å². The van der Waals surface area contributed by atoms with E-state index in [9.17, 15) is 4.79 Å². The number of hydrogen-bond donors (Lipinski definition) is 2. The summed E-state index contributed by atoms with van der Waals surface area (Å²) in [5.41, 5.74) is 1.06. The van der Waals surface area contributed by atoms with Crippen LogP contribution in [0.15, 0.2) is 30.3 Å². The first-order valence-corrected chi connectivity index (χ1v) is 5.84. The average Bonchev–Trinajstić information content (AvgIpc) is 2.30. The van der Waals surface area contributed by atoms with Crippen LogP contribution >= 0.6 is 0 Å². The zero-order chi connectivity index (χ0) is 11.6. The van der Waals surface area contributed by atoms with E-state index in [1.54, 1.807) is 0 Å². The molecule has 0 aliphatic rings. The molecule has 0 saturated heterocycles. The largest absolute Gasteiger partial charge is 0.356 e. The highest BCUT2D eigenvalue weighted by Crippen LogP contribution is 1.98. The molecule has 3 nitrogen and oxygen atoms in total. The molecule has 0 unspecified atom stereocenters. The van der Waals surface area contributed by atoms with Gasteiger partial charge in [-0.05, 0) is 25.1 Å². The molecule has 1 rings (SSSR count). The minimum absolute atomic E-state index is 0.0997. The van der Waals surface area contributed by atoms with Gasteiger partial charge in [0.05, 0.1) is 6.42 Å². The molecule has 16 heavy (non-hydrogen) atoms. The van der Waals surface area contributed by atoms with Crippen molar-refractivity contribution in [3.05, 3.63) is 35.9 Å². The van der Waals surface area contributed by atoms with Crippen molar-refractivity contribution in [3.63, 3.8) is 0 Å². The second-order valence-electron chi connectivity index (χ2n) is 3.72. The second-order valence-corrected chi connectivity index (χ2v) is 3.72. The maximum absolute atomic E-state index is 11.5. The van der Waals surface area contributed by atoms with E-state index in [0.717, 1.165) is 31.6 Å². The number of nitrogens with one attached hydrogen (secondary N) is 2. The van der Waals surface area contributed by atoms with Gasteiger partial charge >= 0.3 is 0 Å². The number of rotatable bonds is 7.